The lowest BCUT2D eigenvalue weighted by molar-refractivity contribution is 0.571. The summed E-state index contributed by atoms with van der Waals surface area (Å²) in [6, 6.07) is 10.7. The van der Waals surface area contributed by atoms with Crippen molar-refractivity contribution in [3.05, 3.63) is 60.2 Å². The predicted molar refractivity (Wildman–Crippen MR) is 108 cm³/mol. The van der Waals surface area contributed by atoms with E-state index in [0.29, 0.717) is 35.0 Å². The van der Waals surface area contributed by atoms with Crippen molar-refractivity contribution >= 4 is 32.8 Å². The lowest BCUT2D eigenvalue weighted by Crippen LogP contribution is -2.11. The van der Waals surface area contributed by atoms with Crippen LogP contribution < -0.4 is 5.14 Å². The SMILES string of the molecule is CCn1c(SCc2coc(-c3cccc(F)c3)n2)nc2cc(S(N)(=O)=O)ccc21. The molecule has 0 unspecified atom stereocenters. The van der Waals surface area contributed by atoms with E-state index in [2.05, 4.69) is 9.97 Å². The molecule has 2 aromatic heterocycles. The Morgan fingerprint density at radius 1 is 1.21 bits per heavy atom. The molecular formula is C19H17FN4O3S2. The van der Waals surface area contributed by atoms with Crippen LogP contribution in [0.25, 0.3) is 22.5 Å². The van der Waals surface area contributed by atoms with Crippen LogP contribution in [0, 0.1) is 5.82 Å². The number of oxazole rings is 1. The molecule has 0 aliphatic rings. The van der Waals surface area contributed by atoms with Gasteiger partial charge in [-0.2, -0.15) is 0 Å². The molecule has 0 aliphatic carbocycles. The molecule has 2 aromatic carbocycles. The van der Waals surface area contributed by atoms with E-state index < -0.39 is 10.0 Å². The largest absolute Gasteiger partial charge is 0.444 e. The number of benzene rings is 2. The molecule has 7 nitrogen and oxygen atoms in total. The highest BCUT2D eigenvalue weighted by molar-refractivity contribution is 7.98. The molecule has 0 atom stereocenters. The van der Waals surface area contributed by atoms with Crippen molar-refractivity contribution in [1.82, 2.24) is 14.5 Å². The smallest absolute Gasteiger partial charge is 0.238 e. The number of aryl methyl sites for hydroxylation is 1. The fourth-order valence-corrected chi connectivity index (χ4v) is 4.44. The zero-order valence-corrected chi connectivity index (χ0v) is 17.0. The van der Waals surface area contributed by atoms with Crippen molar-refractivity contribution in [3.8, 4) is 11.5 Å². The first-order valence-corrected chi connectivity index (χ1v) is 11.2. The van der Waals surface area contributed by atoms with Crippen LogP contribution in [0.2, 0.25) is 0 Å². The number of fused-ring (bicyclic) bond motifs is 1. The Morgan fingerprint density at radius 3 is 2.76 bits per heavy atom. The first kappa shape index (κ1) is 19.6. The van der Waals surface area contributed by atoms with Crippen LogP contribution >= 0.6 is 11.8 Å². The normalized spacial score (nSPS) is 12.0. The van der Waals surface area contributed by atoms with Crippen molar-refractivity contribution in [2.24, 2.45) is 5.14 Å². The molecular weight excluding hydrogens is 415 g/mol. The summed E-state index contributed by atoms with van der Waals surface area (Å²) in [7, 11) is -3.79. The van der Waals surface area contributed by atoms with Gasteiger partial charge in [0.25, 0.3) is 0 Å². The minimum atomic E-state index is -3.79. The van der Waals surface area contributed by atoms with Gasteiger partial charge in [-0.15, -0.1) is 0 Å². The predicted octanol–water partition coefficient (Wildman–Crippen LogP) is 3.79. The van der Waals surface area contributed by atoms with E-state index >= 15 is 0 Å². The summed E-state index contributed by atoms with van der Waals surface area (Å²) in [5, 5.41) is 5.94. The number of nitrogens with zero attached hydrogens (tertiary/aromatic N) is 3. The van der Waals surface area contributed by atoms with E-state index in [9.17, 15) is 12.8 Å². The fraction of sp³-hybridized carbons (Fsp3) is 0.158. The minimum absolute atomic E-state index is 0.0264. The first-order valence-electron chi connectivity index (χ1n) is 8.71. The first-order chi connectivity index (χ1) is 13.8. The summed E-state index contributed by atoms with van der Waals surface area (Å²) in [5.74, 6) is 0.485. The number of nitrogens with two attached hydrogens (primary N) is 1. The highest BCUT2D eigenvalue weighted by atomic mass is 32.2. The lowest BCUT2D eigenvalue weighted by Gasteiger charge is -2.04. The summed E-state index contributed by atoms with van der Waals surface area (Å²) in [5.41, 5.74) is 2.64. The number of aromatic nitrogens is 3. The van der Waals surface area contributed by atoms with Gasteiger partial charge in [-0.05, 0) is 43.3 Å². The summed E-state index contributed by atoms with van der Waals surface area (Å²) in [4.78, 5) is 8.98. The monoisotopic (exact) mass is 432 g/mol. The standard InChI is InChI=1S/C19H17FN4O3S2/c1-2-24-17-7-6-15(29(21,25)26)9-16(17)23-19(24)28-11-14-10-27-18(22-14)12-4-3-5-13(20)8-12/h3-10H,2,11H2,1H3,(H2,21,25,26). The number of imidazole rings is 1. The second-order valence-corrected chi connectivity index (χ2v) is 8.78. The Hall–Kier alpha value is -2.69. The Bertz CT molecular complexity index is 1300. The van der Waals surface area contributed by atoms with E-state index in [0.717, 1.165) is 10.7 Å². The van der Waals surface area contributed by atoms with Crippen molar-refractivity contribution in [1.29, 1.82) is 0 Å². The van der Waals surface area contributed by atoms with Gasteiger partial charge >= 0.3 is 0 Å². The average Bonchev–Trinajstić information content (AvgIpc) is 3.29. The van der Waals surface area contributed by atoms with Gasteiger partial charge in [0.05, 0.1) is 21.6 Å². The molecule has 0 saturated carbocycles. The van der Waals surface area contributed by atoms with E-state index in [4.69, 9.17) is 9.56 Å². The number of hydrogen-bond donors (Lipinski definition) is 1. The van der Waals surface area contributed by atoms with E-state index in [1.807, 2.05) is 11.5 Å². The second kappa shape index (κ2) is 7.62. The molecule has 2 heterocycles. The van der Waals surface area contributed by atoms with Gasteiger partial charge < -0.3 is 8.98 Å². The molecule has 0 bridgehead atoms. The van der Waals surface area contributed by atoms with Crippen LogP contribution in [-0.2, 0) is 22.3 Å². The molecule has 0 amide bonds. The number of rotatable bonds is 6. The Morgan fingerprint density at radius 2 is 2.03 bits per heavy atom. The third kappa shape index (κ3) is 4.04. The van der Waals surface area contributed by atoms with Gasteiger partial charge in [0.15, 0.2) is 5.16 Å². The highest BCUT2D eigenvalue weighted by Gasteiger charge is 2.15. The molecule has 4 rings (SSSR count). The number of thioether (sulfide) groups is 1. The van der Waals surface area contributed by atoms with Crippen LogP contribution in [0.1, 0.15) is 12.6 Å². The maximum absolute atomic E-state index is 13.4. The van der Waals surface area contributed by atoms with Crippen LogP contribution in [0.3, 0.4) is 0 Å². The van der Waals surface area contributed by atoms with E-state index in [1.165, 1.54) is 42.3 Å². The van der Waals surface area contributed by atoms with Crippen molar-refractivity contribution < 1.29 is 17.2 Å². The Labute approximate surface area is 170 Å². The van der Waals surface area contributed by atoms with Crippen LogP contribution in [0.15, 0.2) is 63.2 Å². The maximum atomic E-state index is 13.4. The molecule has 0 saturated heterocycles. The second-order valence-electron chi connectivity index (χ2n) is 6.28. The molecule has 2 N–H and O–H groups in total. The average molecular weight is 433 g/mol. The van der Waals surface area contributed by atoms with Crippen molar-refractivity contribution in [3.63, 3.8) is 0 Å². The maximum Gasteiger partial charge on any atom is 0.238 e. The topological polar surface area (TPSA) is 104 Å². The van der Waals surface area contributed by atoms with Gasteiger partial charge in [-0.1, -0.05) is 17.8 Å². The summed E-state index contributed by atoms with van der Waals surface area (Å²) in [6.07, 6.45) is 1.53. The lowest BCUT2D eigenvalue weighted by atomic mass is 10.2. The van der Waals surface area contributed by atoms with Crippen molar-refractivity contribution in [2.75, 3.05) is 0 Å². The van der Waals surface area contributed by atoms with Gasteiger partial charge in [0.2, 0.25) is 15.9 Å². The minimum Gasteiger partial charge on any atom is -0.444 e. The van der Waals surface area contributed by atoms with Crippen LogP contribution in [0.4, 0.5) is 4.39 Å². The summed E-state index contributed by atoms with van der Waals surface area (Å²) >= 11 is 1.45. The van der Waals surface area contributed by atoms with E-state index in [-0.39, 0.29) is 10.7 Å². The van der Waals surface area contributed by atoms with Gasteiger partial charge in [0, 0.05) is 17.9 Å². The molecule has 10 heteroatoms. The third-order valence-electron chi connectivity index (χ3n) is 4.30. The number of hydrogen-bond acceptors (Lipinski definition) is 6. The summed E-state index contributed by atoms with van der Waals surface area (Å²) < 4.78 is 44.0. The number of sulfonamides is 1. The molecule has 0 radical (unpaired) electrons. The number of halogens is 1. The molecule has 0 fully saturated rings. The summed E-state index contributed by atoms with van der Waals surface area (Å²) in [6.45, 7) is 2.65. The Balaban J connectivity index is 1.58. The quantitative estimate of drug-likeness (QED) is 0.465. The molecule has 4 aromatic rings. The highest BCUT2D eigenvalue weighted by Crippen LogP contribution is 2.29. The van der Waals surface area contributed by atoms with Crippen LogP contribution in [-0.4, -0.2) is 23.0 Å². The Kier molecular flexibility index (Phi) is 5.15. The van der Waals surface area contributed by atoms with Crippen molar-refractivity contribution in [2.45, 2.75) is 29.3 Å². The molecule has 0 spiro atoms. The molecule has 29 heavy (non-hydrogen) atoms. The van der Waals surface area contributed by atoms with Crippen LogP contribution in [0.5, 0.6) is 0 Å². The zero-order chi connectivity index (χ0) is 20.6. The van der Waals surface area contributed by atoms with E-state index in [1.54, 1.807) is 18.2 Å². The molecule has 0 aliphatic heterocycles. The number of primary sulfonamides is 1. The molecule has 150 valence electrons. The van der Waals surface area contributed by atoms with Gasteiger partial charge in [-0.25, -0.2) is 27.9 Å². The third-order valence-corrected chi connectivity index (χ3v) is 6.22. The van der Waals surface area contributed by atoms with Gasteiger partial charge in [-0.3, -0.25) is 0 Å². The van der Waals surface area contributed by atoms with Gasteiger partial charge in [0.1, 0.15) is 12.1 Å². The fourth-order valence-electron chi connectivity index (χ4n) is 2.95. The zero-order valence-electron chi connectivity index (χ0n) is 15.4.